The number of para-hydroxylation sites is 1. The zero-order chi connectivity index (χ0) is 17.6. The minimum Gasteiger partial charge on any atom is -0.451 e. The summed E-state index contributed by atoms with van der Waals surface area (Å²) in [6, 6.07) is 7.87. The van der Waals surface area contributed by atoms with Crippen molar-refractivity contribution in [2.45, 2.75) is 19.4 Å². The monoisotopic (exact) mass is 363 g/mol. The number of hydrogen-bond donors (Lipinski definition) is 1. The fourth-order valence-corrected chi connectivity index (χ4v) is 5.87. The molecule has 0 bridgehead atoms. The highest BCUT2D eigenvalue weighted by atomic mass is 32.2. The molecule has 1 aromatic carbocycles. The SMILES string of the molecule is Cc1c(C(=O)N2CC[NH+]([C@H]3CCS(=O)(=O)C3)CC2)oc2ccccc12. The van der Waals surface area contributed by atoms with Crippen molar-refractivity contribution in [3.63, 3.8) is 0 Å². The third-order valence-electron chi connectivity index (χ3n) is 5.54. The van der Waals surface area contributed by atoms with Crippen molar-refractivity contribution in [3.8, 4) is 0 Å². The summed E-state index contributed by atoms with van der Waals surface area (Å²) < 4.78 is 29.1. The van der Waals surface area contributed by atoms with Gasteiger partial charge in [0.1, 0.15) is 17.4 Å². The number of carbonyl (C=O) groups excluding carboxylic acids is 1. The molecule has 6 nitrogen and oxygen atoms in total. The first kappa shape index (κ1) is 16.6. The van der Waals surface area contributed by atoms with Gasteiger partial charge >= 0.3 is 0 Å². The molecular weight excluding hydrogens is 340 g/mol. The number of fused-ring (bicyclic) bond motifs is 1. The Balaban J connectivity index is 1.45. The molecule has 1 N–H and O–H groups in total. The predicted molar refractivity (Wildman–Crippen MR) is 94.6 cm³/mol. The topological polar surface area (TPSA) is 72.0 Å². The van der Waals surface area contributed by atoms with Crippen molar-refractivity contribution >= 4 is 26.7 Å². The lowest BCUT2D eigenvalue weighted by Crippen LogP contribution is -3.18. The van der Waals surface area contributed by atoms with E-state index < -0.39 is 9.84 Å². The number of benzene rings is 1. The number of carbonyl (C=O) groups is 1. The zero-order valence-corrected chi connectivity index (χ0v) is 15.1. The Morgan fingerprint density at radius 3 is 2.60 bits per heavy atom. The standard InChI is InChI=1S/C18H22N2O4S/c1-13-15-4-2-3-5-16(15)24-17(13)18(21)20-9-7-19(8-10-20)14-6-11-25(22,23)12-14/h2-5,14H,6-12H2,1H3/p+1/t14-/m0/s1. The highest BCUT2D eigenvalue weighted by molar-refractivity contribution is 7.91. The molecule has 25 heavy (non-hydrogen) atoms. The van der Waals surface area contributed by atoms with Crippen LogP contribution in [-0.4, -0.2) is 63.0 Å². The van der Waals surface area contributed by atoms with Crippen LogP contribution in [0.2, 0.25) is 0 Å². The summed E-state index contributed by atoms with van der Waals surface area (Å²) in [4.78, 5) is 16.0. The Hall–Kier alpha value is -1.86. The lowest BCUT2D eigenvalue weighted by molar-refractivity contribution is -0.925. The van der Waals surface area contributed by atoms with Gasteiger partial charge in [0.05, 0.1) is 31.9 Å². The number of piperazine rings is 1. The number of nitrogens with one attached hydrogen (secondary N) is 1. The van der Waals surface area contributed by atoms with E-state index in [0.717, 1.165) is 36.0 Å². The maximum atomic E-state index is 12.8. The van der Waals surface area contributed by atoms with Crippen LogP contribution < -0.4 is 4.90 Å². The second-order valence-corrected chi connectivity index (χ2v) is 9.33. The van der Waals surface area contributed by atoms with E-state index >= 15 is 0 Å². The molecule has 0 spiro atoms. The minimum absolute atomic E-state index is 0.0632. The van der Waals surface area contributed by atoms with Gasteiger partial charge in [-0.15, -0.1) is 0 Å². The van der Waals surface area contributed by atoms with Gasteiger partial charge in [0.15, 0.2) is 15.6 Å². The van der Waals surface area contributed by atoms with Gasteiger partial charge in [-0.05, 0) is 13.0 Å². The average molecular weight is 363 g/mol. The van der Waals surface area contributed by atoms with Gasteiger partial charge in [0, 0.05) is 17.4 Å². The number of sulfone groups is 1. The molecule has 4 rings (SSSR count). The molecule has 2 saturated heterocycles. The Morgan fingerprint density at radius 2 is 1.96 bits per heavy atom. The van der Waals surface area contributed by atoms with Gasteiger partial charge in [-0.3, -0.25) is 4.79 Å². The summed E-state index contributed by atoms with van der Waals surface area (Å²) >= 11 is 0. The minimum atomic E-state index is -2.85. The van der Waals surface area contributed by atoms with Crippen LogP contribution in [0.15, 0.2) is 28.7 Å². The summed E-state index contributed by atoms with van der Waals surface area (Å²) in [5.74, 6) is 0.959. The normalized spacial score (nSPS) is 24.0. The Morgan fingerprint density at radius 1 is 1.24 bits per heavy atom. The maximum absolute atomic E-state index is 12.8. The molecule has 2 fully saturated rings. The molecular formula is C18H23N2O4S+. The third-order valence-corrected chi connectivity index (χ3v) is 7.31. The number of nitrogens with zero attached hydrogens (tertiary/aromatic N) is 1. The molecule has 2 aliphatic rings. The summed E-state index contributed by atoms with van der Waals surface area (Å²) in [5.41, 5.74) is 1.63. The van der Waals surface area contributed by atoms with Gasteiger partial charge in [-0.1, -0.05) is 18.2 Å². The number of amides is 1. The van der Waals surface area contributed by atoms with E-state index in [1.54, 1.807) is 0 Å². The van der Waals surface area contributed by atoms with E-state index in [1.807, 2.05) is 36.1 Å². The van der Waals surface area contributed by atoms with Crippen molar-refractivity contribution in [2.75, 3.05) is 37.7 Å². The largest absolute Gasteiger partial charge is 0.451 e. The second-order valence-electron chi connectivity index (χ2n) is 7.10. The van der Waals surface area contributed by atoms with E-state index in [0.29, 0.717) is 30.4 Å². The fourth-order valence-electron chi connectivity index (χ4n) is 4.04. The smallest absolute Gasteiger partial charge is 0.290 e. The van der Waals surface area contributed by atoms with Gasteiger partial charge < -0.3 is 14.2 Å². The molecule has 1 atom stereocenters. The summed E-state index contributed by atoms with van der Waals surface area (Å²) in [7, 11) is -2.85. The van der Waals surface area contributed by atoms with E-state index in [-0.39, 0.29) is 11.9 Å². The molecule has 1 amide bonds. The number of furan rings is 1. The average Bonchev–Trinajstić information content (AvgIpc) is 3.15. The first-order valence-electron chi connectivity index (χ1n) is 8.77. The zero-order valence-electron chi connectivity index (χ0n) is 14.3. The number of aryl methyl sites for hydroxylation is 1. The Kier molecular flexibility index (Phi) is 4.08. The summed E-state index contributed by atoms with van der Waals surface area (Å²) in [6.45, 7) is 4.79. The maximum Gasteiger partial charge on any atom is 0.290 e. The molecule has 0 aliphatic carbocycles. The van der Waals surface area contributed by atoms with E-state index in [9.17, 15) is 13.2 Å². The van der Waals surface area contributed by atoms with E-state index in [1.165, 1.54) is 4.90 Å². The van der Waals surface area contributed by atoms with Crippen LogP contribution in [0.5, 0.6) is 0 Å². The fraction of sp³-hybridized carbons (Fsp3) is 0.500. The second kappa shape index (κ2) is 6.14. The molecule has 2 aromatic rings. The lowest BCUT2D eigenvalue weighted by atomic mass is 10.1. The first-order valence-corrected chi connectivity index (χ1v) is 10.6. The van der Waals surface area contributed by atoms with Gasteiger partial charge in [-0.2, -0.15) is 0 Å². The molecule has 1 aromatic heterocycles. The van der Waals surface area contributed by atoms with E-state index in [4.69, 9.17) is 4.42 Å². The van der Waals surface area contributed by atoms with Crippen LogP contribution in [0, 0.1) is 6.92 Å². The molecule has 2 aliphatic heterocycles. The van der Waals surface area contributed by atoms with Crippen LogP contribution in [-0.2, 0) is 9.84 Å². The lowest BCUT2D eigenvalue weighted by Gasteiger charge is -2.34. The van der Waals surface area contributed by atoms with Crippen molar-refractivity contribution in [1.82, 2.24) is 4.90 Å². The van der Waals surface area contributed by atoms with Crippen LogP contribution in [0.3, 0.4) is 0 Å². The summed E-state index contributed by atoms with van der Waals surface area (Å²) in [5, 5.41) is 0.978. The van der Waals surface area contributed by atoms with Gasteiger partial charge in [0.2, 0.25) is 0 Å². The molecule has 134 valence electrons. The first-order chi connectivity index (χ1) is 11.9. The van der Waals surface area contributed by atoms with E-state index in [2.05, 4.69) is 0 Å². The molecule has 3 heterocycles. The highest BCUT2D eigenvalue weighted by Crippen LogP contribution is 2.26. The predicted octanol–water partition coefficient (Wildman–Crippen LogP) is 0.269. The van der Waals surface area contributed by atoms with Crippen molar-refractivity contribution in [3.05, 3.63) is 35.6 Å². The Bertz CT molecular complexity index is 910. The molecule has 0 saturated carbocycles. The molecule has 0 unspecified atom stereocenters. The van der Waals surface area contributed by atoms with Crippen LogP contribution in [0.4, 0.5) is 0 Å². The number of quaternary nitrogens is 1. The van der Waals surface area contributed by atoms with Crippen LogP contribution >= 0.6 is 0 Å². The number of rotatable bonds is 2. The highest BCUT2D eigenvalue weighted by Gasteiger charge is 2.38. The van der Waals surface area contributed by atoms with Crippen molar-refractivity contribution < 1.29 is 22.5 Å². The summed E-state index contributed by atoms with van der Waals surface area (Å²) in [6.07, 6.45) is 0.744. The van der Waals surface area contributed by atoms with Crippen molar-refractivity contribution in [1.29, 1.82) is 0 Å². The molecule has 7 heteroatoms. The number of hydrogen-bond acceptors (Lipinski definition) is 4. The van der Waals surface area contributed by atoms with Gasteiger partial charge in [-0.25, -0.2) is 8.42 Å². The van der Waals surface area contributed by atoms with Crippen LogP contribution in [0.25, 0.3) is 11.0 Å². The van der Waals surface area contributed by atoms with Crippen molar-refractivity contribution in [2.24, 2.45) is 0 Å². The third kappa shape index (κ3) is 3.06. The van der Waals surface area contributed by atoms with Crippen LogP contribution in [0.1, 0.15) is 22.5 Å². The van der Waals surface area contributed by atoms with Gasteiger partial charge in [0.25, 0.3) is 5.91 Å². The Labute approximate surface area is 147 Å². The quantitative estimate of drug-likeness (QED) is 0.831. The molecule has 0 radical (unpaired) electrons.